The molecule has 0 aromatic heterocycles. The number of nitrogens with one attached hydrogen (secondary N) is 2. The minimum absolute atomic E-state index is 0. The zero-order chi connectivity index (χ0) is 19.9. The predicted molar refractivity (Wildman–Crippen MR) is 115 cm³/mol. The van der Waals surface area contributed by atoms with E-state index in [4.69, 9.17) is 0 Å². The van der Waals surface area contributed by atoms with Crippen LogP contribution >= 0.6 is 24.0 Å². The lowest BCUT2D eigenvalue weighted by molar-refractivity contribution is -0.143. The zero-order valence-electron chi connectivity index (χ0n) is 16.1. The molecule has 1 atom stereocenters. The van der Waals surface area contributed by atoms with Gasteiger partial charge >= 0.3 is 6.18 Å². The van der Waals surface area contributed by atoms with Crippen molar-refractivity contribution in [3.05, 3.63) is 30.1 Å². The van der Waals surface area contributed by atoms with Gasteiger partial charge in [0, 0.05) is 46.3 Å². The van der Waals surface area contributed by atoms with E-state index >= 15 is 0 Å². The van der Waals surface area contributed by atoms with Crippen LogP contribution in [0.5, 0.6) is 0 Å². The third-order valence-electron chi connectivity index (χ3n) is 4.47. The van der Waals surface area contributed by atoms with E-state index in [0.717, 1.165) is 6.42 Å². The molecule has 1 aliphatic rings. The Balaban J connectivity index is 0.00000392. The number of likely N-dealkylation sites (tertiary alicyclic amines) is 1. The molecule has 0 aliphatic carbocycles. The van der Waals surface area contributed by atoms with Crippen LogP contribution in [0.4, 0.5) is 23.2 Å². The molecule has 5 nitrogen and oxygen atoms in total. The Morgan fingerprint density at radius 1 is 1.32 bits per heavy atom. The van der Waals surface area contributed by atoms with Gasteiger partial charge in [0.25, 0.3) is 0 Å². The Hall–Kier alpha value is -1.30. The van der Waals surface area contributed by atoms with Crippen LogP contribution in [-0.2, 0) is 0 Å². The van der Waals surface area contributed by atoms with E-state index in [-0.39, 0.29) is 35.8 Å². The van der Waals surface area contributed by atoms with Crippen LogP contribution in [0, 0.1) is 5.82 Å². The SMILES string of the molecule is CN=C(NCCCN(C)c1ccccc1F)NC1CCN(CC(F)(F)F)C1.I. The van der Waals surface area contributed by atoms with Crippen molar-refractivity contribution in [2.45, 2.75) is 25.1 Å². The number of benzene rings is 1. The lowest BCUT2D eigenvalue weighted by Gasteiger charge is -2.21. The number of anilines is 1. The van der Waals surface area contributed by atoms with Crippen molar-refractivity contribution in [3.63, 3.8) is 0 Å². The molecule has 0 bridgehead atoms. The summed E-state index contributed by atoms with van der Waals surface area (Å²) in [5.41, 5.74) is 0.552. The fourth-order valence-electron chi connectivity index (χ4n) is 3.14. The monoisotopic (exact) mass is 517 g/mol. The molecule has 0 saturated carbocycles. The van der Waals surface area contributed by atoms with Crippen LogP contribution in [0.25, 0.3) is 0 Å². The Morgan fingerprint density at radius 2 is 2.04 bits per heavy atom. The van der Waals surface area contributed by atoms with Gasteiger partial charge in [0.05, 0.1) is 12.2 Å². The topological polar surface area (TPSA) is 42.9 Å². The van der Waals surface area contributed by atoms with Gasteiger partial charge in [0.2, 0.25) is 0 Å². The van der Waals surface area contributed by atoms with Crippen molar-refractivity contribution in [2.75, 3.05) is 51.7 Å². The Labute approximate surface area is 180 Å². The first-order valence-electron chi connectivity index (χ1n) is 9.00. The second-order valence-corrected chi connectivity index (χ2v) is 6.71. The number of para-hydroxylation sites is 1. The van der Waals surface area contributed by atoms with Crippen molar-refractivity contribution < 1.29 is 17.6 Å². The number of nitrogens with zero attached hydrogens (tertiary/aromatic N) is 3. The quantitative estimate of drug-likeness (QED) is 0.192. The van der Waals surface area contributed by atoms with Crippen LogP contribution in [0.1, 0.15) is 12.8 Å². The van der Waals surface area contributed by atoms with Gasteiger partial charge in [-0.3, -0.25) is 9.89 Å². The summed E-state index contributed by atoms with van der Waals surface area (Å²) >= 11 is 0. The number of hydrogen-bond acceptors (Lipinski definition) is 3. The summed E-state index contributed by atoms with van der Waals surface area (Å²) in [4.78, 5) is 7.36. The highest BCUT2D eigenvalue weighted by Crippen LogP contribution is 2.20. The number of hydrogen-bond donors (Lipinski definition) is 2. The van der Waals surface area contributed by atoms with Crippen molar-refractivity contribution in [3.8, 4) is 0 Å². The molecule has 160 valence electrons. The maximum atomic E-state index is 13.7. The molecular weight excluding hydrogens is 489 g/mol. The van der Waals surface area contributed by atoms with E-state index in [9.17, 15) is 17.6 Å². The normalized spacial score (nSPS) is 17.9. The molecule has 1 aromatic rings. The van der Waals surface area contributed by atoms with Crippen LogP contribution in [0.3, 0.4) is 0 Å². The van der Waals surface area contributed by atoms with Crippen molar-refractivity contribution in [1.82, 2.24) is 15.5 Å². The van der Waals surface area contributed by atoms with E-state index in [1.54, 1.807) is 25.2 Å². The molecular formula is C18H28F4IN5. The van der Waals surface area contributed by atoms with Crippen LogP contribution < -0.4 is 15.5 Å². The van der Waals surface area contributed by atoms with E-state index < -0.39 is 12.7 Å². The molecule has 1 fully saturated rings. The highest BCUT2D eigenvalue weighted by atomic mass is 127. The Kier molecular flexibility index (Phi) is 10.3. The van der Waals surface area contributed by atoms with E-state index in [2.05, 4.69) is 15.6 Å². The second-order valence-electron chi connectivity index (χ2n) is 6.71. The number of halogens is 5. The van der Waals surface area contributed by atoms with Crippen molar-refractivity contribution in [2.24, 2.45) is 4.99 Å². The van der Waals surface area contributed by atoms with Gasteiger partial charge in [-0.25, -0.2) is 4.39 Å². The number of aliphatic imine (C=N–C) groups is 1. The van der Waals surface area contributed by atoms with Gasteiger partial charge in [0.1, 0.15) is 5.82 Å². The first kappa shape index (κ1) is 24.7. The highest BCUT2D eigenvalue weighted by Gasteiger charge is 2.34. The lowest BCUT2D eigenvalue weighted by atomic mass is 10.2. The van der Waals surface area contributed by atoms with Crippen molar-refractivity contribution in [1.29, 1.82) is 0 Å². The first-order valence-corrected chi connectivity index (χ1v) is 9.00. The van der Waals surface area contributed by atoms with Gasteiger partial charge in [0.15, 0.2) is 5.96 Å². The summed E-state index contributed by atoms with van der Waals surface area (Å²) < 4.78 is 51.1. The highest BCUT2D eigenvalue weighted by molar-refractivity contribution is 14.0. The molecule has 2 rings (SSSR count). The van der Waals surface area contributed by atoms with Gasteiger partial charge in [-0.1, -0.05) is 12.1 Å². The third-order valence-corrected chi connectivity index (χ3v) is 4.47. The minimum Gasteiger partial charge on any atom is -0.372 e. The molecule has 1 heterocycles. The average Bonchev–Trinajstić information content (AvgIpc) is 3.02. The van der Waals surface area contributed by atoms with Gasteiger partial charge in [-0.15, -0.1) is 24.0 Å². The Morgan fingerprint density at radius 3 is 2.68 bits per heavy atom. The molecule has 0 radical (unpaired) electrons. The van der Waals surface area contributed by atoms with Crippen LogP contribution in [-0.4, -0.2) is 69.9 Å². The molecule has 1 aliphatic heterocycles. The fraction of sp³-hybridized carbons (Fsp3) is 0.611. The van der Waals surface area contributed by atoms with Gasteiger partial charge in [-0.05, 0) is 25.0 Å². The maximum absolute atomic E-state index is 13.7. The summed E-state index contributed by atoms with van der Waals surface area (Å²) in [6, 6.07) is 6.56. The predicted octanol–water partition coefficient (Wildman–Crippen LogP) is 3.07. The summed E-state index contributed by atoms with van der Waals surface area (Å²) in [6.07, 6.45) is -2.76. The Bertz CT molecular complexity index is 626. The summed E-state index contributed by atoms with van der Waals surface area (Å²) in [7, 11) is 3.46. The standard InChI is InChI=1S/C18H27F4N5.HI/c1-23-17(25-14-8-11-27(12-14)13-18(20,21)22)24-9-5-10-26(2)16-7-4-3-6-15(16)19;/h3-4,6-7,14H,5,8-13H2,1-2H3,(H2,23,24,25);1H. The summed E-state index contributed by atoms with van der Waals surface area (Å²) in [6.45, 7) is 1.17. The number of alkyl halides is 3. The number of rotatable bonds is 7. The zero-order valence-corrected chi connectivity index (χ0v) is 18.4. The van der Waals surface area contributed by atoms with E-state index in [1.165, 1.54) is 11.0 Å². The maximum Gasteiger partial charge on any atom is 0.401 e. The summed E-state index contributed by atoms with van der Waals surface area (Å²) in [5.74, 6) is 0.317. The molecule has 10 heteroatoms. The summed E-state index contributed by atoms with van der Waals surface area (Å²) in [5, 5.41) is 6.33. The molecule has 1 unspecified atom stereocenters. The third kappa shape index (κ3) is 8.38. The molecule has 0 amide bonds. The fourth-order valence-corrected chi connectivity index (χ4v) is 3.14. The smallest absolute Gasteiger partial charge is 0.372 e. The largest absolute Gasteiger partial charge is 0.401 e. The van der Waals surface area contributed by atoms with Gasteiger partial charge < -0.3 is 15.5 Å². The molecule has 28 heavy (non-hydrogen) atoms. The number of guanidine groups is 1. The molecule has 0 spiro atoms. The van der Waals surface area contributed by atoms with Crippen LogP contribution in [0.2, 0.25) is 0 Å². The molecule has 1 saturated heterocycles. The van der Waals surface area contributed by atoms with E-state index in [0.29, 0.717) is 44.2 Å². The first-order chi connectivity index (χ1) is 12.8. The van der Waals surface area contributed by atoms with Crippen LogP contribution in [0.15, 0.2) is 29.3 Å². The lowest BCUT2D eigenvalue weighted by Crippen LogP contribution is -2.45. The molecule has 1 aromatic carbocycles. The minimum atomic E-state index is -4.17. The second kappa shape index (κ2) is 11.6. The van der Waals surface area contributed by atoms with Crippen molar-refractivity contribution >= 4 is 35.6 Å². The molecule has 2 N–H and O–H groups in total. The average molecular weight is 517 g/mol. The van der Waals surface area contributed by atoms with Gasteiger partial charge in [-0.2, -0.15) is 13.2 Å². The van der Waals surface area contributed by atoms with E-state index in [1.807, 2.05) is 11.9 Å².